The third-order valence-electron chi connectivity index (χ3n) is 3.07. The number of hydrogen-bond acceptors (Lipinski definition) is 4. The number of carbonyl (C=O) groups excluding carboxylic acids is 1. The number of rotatable bonds is 9. The van der Waals surface area contributed by atoms with Crippen molar-refractivity contribution in [3.63, 3.8) is 0 Å². The summed E-state index contributed by atoms with van der Waals surface area (Å²) in [6.45, 7) is 5.00. The monoisotopic (exact) mass is 342 g/mol. The normalized spacial score (nSPS) is 15.1. The van der Waals surface area contributed by atoms with Crippen molar-refractivity contribution in [3.8, 4) is 0 Å². The van der Waals surface area contributed by atoms with Crippen molar-refractivity contribution in [2.24, 2.45) is 5.92 Å². The zero-order valence-corrected chi connectivity index (χ0v) is 13.7. The molecule has 0 saturated heterocycles. The van der Waals surface area contributed by atoms with E-state index in [9.17, 15) is 22.8 Å². The number of carboxylic acid groups (broad SMARTS) is 1. The minimum atomic E-state index is -4.62. The number of carboxylic acids is 1. The van der Waals surface area contributed by atoms with Crippen molar-refractivity contribution in [1.29, 1.82) is 0 Å². The molecule has 0 bridgehead atoms. The second kappa shape index (κ2) is 9.10. The molecule has 2 unspecified atom stereocenters. The number of aliphatic hydroxyl groups excluding tert-OH is 1. The number of esters is 1. The Morgan fingerprint density at radius 2 is 1.57 bits per heavy atom. The van der Waals surface area contributed by atoms with Gasteiger partial charge in [-0.25, -0.2) is 0 Å². The summed E-state index contributed by atoms with van der Waals surface area (Å²) < 4.78 is 41.5. The van der Waals surface area contributed by atoms with Crippen molar-refractivity contribution in [3.05, 3.63) is 0 Å². The maximum Gasteiger partial charge on any atom is 0.414 e. The molecule has 0 amide bonds. The largest absolute Gasteiger partial charge is 0.481 e. The summed E-state index contributed by atoms with van der Waals surface area (Å²) in [5, 5.41) is 17.7. The molecule has 23 heavy (non-hydrogen) atoms. The van der Waals surface area contributed by atoms with Gasteiger partial charge in [0, 0.05) is 0 Å². The molecule has 5 nitrogen and oxygen atoms in total. The highest BCUT2D eigenvalue weighted by molar-refractivity contribution is 5.79. The SMILES string of the molecule is CC(C)(C)OC(=O)C(CCCCCC(O)C(F)(F)F)CC(=O)O. The smallest absolute Gasteiger partial charge is 0.414 e. The summed E-state index contributed by atoms with van der Waals surface area (Å²) in [4.78, 5) is 22.7. The van der Waals surface area contributed by atoms with Crippen LogP contribution >= 0.6 is 0 Å². The summed E-state index contributed by atoms with van der Waals surface area (Å²) >= 11 is 0. The summed E-state index contributed by atoms with van der Waals surface area (Å²) in [6.07, 6.45) is -6.61. The van der Waals surface area contributed by atoms with Gasteiger partial charge < -0.3 is 14.9 Å². The van der Waals surface area contributed by atoms with Gasteiger partial charge in [0.1, 0.15) is 11.7 Å². The van der Waals surface area contributed by atoms with Gasteiger partial charge in [-0.15, -0.1) is 0 Å². The van der Waals surface area contributed by atoms with Gasteiger partial charge in [-0.3, -0.25) is 9.59 Å². The Labute approximate surface area is 133 Å². The van der Waals surface area contributed by atoms with Gasteiger partial charge in [0.15, 0.2) is 0 Å². The fraction of sp³-hybridized carbons (Fsp3) is 0.867. The topological polar surface area (TPSA) is 83.8 Å². The lowest BCUT2D eigenvalue weighted by Crippen LogP contribution is -2.30. The van der Waals surface area contributed by atoms with E-state index in [0.29, 0.717) is 12.8 Å². The number of aliphatic carboxylic acids is 1. The van der Waals surface area contributed by atoms with E-state index in [0.717, 1.165) is 0 Å². The molecule has 8 heteroatoms. The first-order valence-corrected chi connectivity index (χ1v) is 7.52. The predicted molar refractivity (Wildman–Crippen MR) is 76.7 cm³/mol. The summed E-state index contributed by atoms with van der Waals surface area (Å²) in [6, 6.07) is 0. The molecule has 0 spiro atoms. The average Bonchev–Trinajstić information content (AvgIpc) is 2.32. The lowest BCUT2D eigenvalue weighted by atomic mass is 9.96. The Morgan fingerprint density at radius 1 is 1.04 bits per heavy atom. The Hall–Kier alpha value is -1.31. The molecule has 0 heterocycles. The van der Waals surface area contributed by atoms with Crippen molar-refractivity contribution in [1.82, 2.24) is 0 Å². The maximum atomic E-state index is 12.1. The van der Waals surface area contributed by atoms with Gasteiger partial charge in [-0.05, 0) is 33.6 Å². The highest BCUT2D eigenvalue weighted by Gasteiger charge is 2.37. The molecule has 0 radical (unpaired) electrons. The highest BCUT2D eigenvalue weighted by Crippen LogP contribution is 2.25. The number of halogens is 3. The third kappa shape index (κ3) is 11.0. The third-order valence-corrected chi connectivity index (χ3v) is 3.07. The first-order valence-electron chi connectivity index (χ1n) is 7.52. The van der Waals surface area contributed by atoms with Crippen LogP contribution in [0.4, 0.5) is 13.2 Å². The lowest BCUT2D eigenvalue weighted by molar-refractivity contribution is -0.205. The molecule has 0 saturated carbocycles. The average molecular weight is 342 g/mol. The first kappa shape index (κ1) is 21.7. The molecule has 0 aromatic rings. The van der Waals surface area contributed by atoms with E-state index in [4.69, 9.17) is 14.9 Å². The summed E-state index contributed by atoms with van der Waals surface area (Å²) in [5.74, 6) is -2.57. The Balaban J connectivity index is 4.26. The van der Waals surface area contributed by atoms with Crippen LogP contribution in [0.3, 0.4) is 0 Å². The minimum absolute atomic E-state index is 0.148. The number of hydrogen-bond donors (Lipinski definition) is 2. The summed E-state index contributed by atoms with van der Waals surface area (Å²) in [5.41, 5.74) is -0.731. The summed E-state index contributed by atoms with van der Waals surface area (Å²) in [7, 11) is 0. The van der Waals surface area contributed by atoms with Crippen LogP contribution in [0.15, 0.2) is 0 Å². The molecule has 0 aliphatic carbocycles. The van der Waals surface area contributed by atoms with Crippen LogP contribution in [0, 0.1) is 5.92 Å². The van der Waals surface area contributed by atoms with E-state index >= 15 is 0 Å². The van der Waals surface area contributed by atoms with Crippen LogP contribution in [-0.2, 0) is 14.3 Å². The van der Waals surface area contributed by atoms with Crippen molar-refractivity contribution in [2.75, 3.05) is 0 Å². The van der Waals surface area contributed by atoms with E-state index in [1.807, 2.05) is 0 Å². The number of aliphatic hydroxyl groups is 1. The highest BCUT2D eigenvalue weighted by atomic mass is 19.4. The maximum absolute atomic E-state index is 12.1. The van der Waals surface area contributed by atoms with Crippen molar-refractivity contribution < 1.29 is 37.7 Å². The second-order valence-corrected chi connectivity index (χ2v) is 6.52. The molecule has 2 N–H and O–H groups in total. The molecule has 0 aromatic heterocycles. The quantitative estimate of drug-likeness (QED) is 0.496. The number of carbonyl (C=O) groups is 2. The van der Waals surface area contributed by atoms with Gasteiger partial charge in [-0.2, -0.15) is 13.2 Å². The van der Waals surface area contributed by atoms with E-state index in [-0.39, 0.29) is 19.3 Å². The molecule has 136 valence electrons. The fourth-order valence-electron chi connectivity index (χ4n) is 1.97. The zero-order chi connectivity index (χ0) is 18.3. The Morgan fingerprint density at radius 3 is 2.00 bits per heavy atom. The zero-order valence-electron chi connectivity index (χ0n) is 13.7. The van der Waals surface area contributed by atoms with E-state index in [2.05, 4.69) is 0 Å². The molecule has 0 aromatic carbocycles. The van der Waals surface area contributed by atoms with Crippen LogP contribution < -0.4 is 0 Å². The molecule has 0 fully saturated rings. The fourth-order valence-corrected chi connectivity index (χ4v) is 1.97. The van der Waals surface area contributed by atoms with Crippen molar-refractivity contribution in [2.45, 2.75) is 77.2 Å². The van der Waals surface area contributed by atoms with Crippen molar-refractivity contribution >= 4 is 11.9 Å². The molecule has 0 rings (SSSR count). The lowest BCUT2D eigenvalue weighted by Gasteiger charge is -2.23. The Bertz CT molecular complexity index is 388. The van der Waals surface area contributed by atoms with Gasteiger partial charge in [0.05, 0.1) is 12.3 Å². The standard InChI is InChI=1S/C15H25F3O5/c1-14(2,3)23-13(22)10(9-12(20)21)7-5-4-6-8-11(19)15(16,17)18/h10-11,19H,4-9H2,1-3H3,(H,20,21). The Kier molecular flexibility index (Phi) is 8.58. The van der Waals surface area contributed by atoms with Gasteiger partial charge in [0.2, 0.25) is 0 Å². The number of alkyl halides is 3. The van der Waals surface area contributed by atoms with Crippen LogP contribution in [0.1, 0.15) is 59.3 Å². The first-order chi connectivity index (χ1) is 10.3. The molecule has 2 atom stereocenters. The second-order valence-electron chi connectivity index (χ2n) is 6.52. The van der Waals surface area contributed by atoms with Gasteiger partial charge in [0.25, 0.3) is 0 Å². The number of unbranched alkanes of at least 4 members (excludes halogenated alkanes) is 2. The molecular formula is C15H25F3O5. The minimum Gasteiger partial charge on any atom is -0.481 e. The van der Waals surface area contributed by atoms with Crippen LogP contribution in [0.2, 0.25) is 0 Å². The van der Waals surface area contributed by atoms with Gasteiger partial charge >= 0.3 is 18.1 Å². The molecular weight excluding hydrogens is 317 g/mol. The van der Waals surface area contributed by atoms with Crippen LogP contribution in [0.5, 0.6) is 0 Å². The number of ether oxygens (including phenoxy) is 1. The van der Waals surface area contributed by atoms with Crippen LogP contribution in [0.25, 0.3) is 0 Å². The van der Waals surface area contributed by atoms with E-state index in [1.165, 1.54) is 0 Å². The molecule has 0 aliphatic rings. The molecule has 0 aliphatic heterocycles. The van der Waals surface area contributed by atoms with Gasteiger partial charge in [-0.1, -0.05) is 19.3 Å². The van der Waals surface area contributed by atoms with Crippen LogP contribution in [-0.4, -0.2) is 40.0 Å². The predicted octanol–water partition coefficient (Wildman–Crippen LogP) is 3.29. The van der Waals surface area contributed by atoms with E-state index < -0.39 is 42.2 Å². The van der Waals surface area contributed by atoms with E-state index in [1.54, 1.807) is 20.8 Å².